The van der Waals surface area contributed by atoms with Crippen LogP contribution in [0.2, 0.25) is 0 Å². The first-order chi connectivity index (χ1) is 10.2. The Labute approximate surface area is 126 Å². The molecule has 1 aliphatic heterocycles. The average molecular weight is 291 g/mol. The number of carbonyl (C=O) groups excluding carboxylic acids is 1. The van der Waals surface area contributed by atoms with Crippen LogP contribution in [-0.2, 0) is 4.74 Å². The third kappa shape index (κ3) is 4.43. The molecule has 2 heterocycles. The summed E-state index contributed by atoms with van der Waals surface area (Å²) < 4.78 is 5.21. The van der Waals surface area contributed by atoms with Crippen LogP contribution in [0.1, 0.15) is 36.5 Å². The van der Waals surface area contributed by atoms with E-state index in [1.54, 1.807) is 13.3 Å². The lowest BCUT2D eigenvalue weighted by Gasteiger charge is -2.32. The van der Waals surface area contributed by atoms with Gasteiger partial charge >= 0.3 is 0 Å². The number of likely N-dealkylation sites (tertiary alicyclic amines) is 1. The second-order valence-electron chi connectivity index (χ2n) is 5.57. The van der Waals surface area contributed by atoms with Crippen LogP contribution in [0.5, 0.6) is 0 Å². The number of ether oxygens (including phenoxy) is 1. The van der Waals surface area contributed by atoms with Gasteiger partial charge in [-0.15, -0.1) is 0 Å². The number of aromatic nitrogens is 1. The summed E-state index contributed by atoms with van der Waals surface area (Å²) in [6, 6.07) is 3.73. The van der Waals surface area contributed by atoms with Crippen molar-refractivity contribution in [3.63, 3.8) is 0 Å². The van der Waals surface area contributed by atoms with Crippen molar-refractivity contribution < 1.29 is 9.53 Å². The van der Waals surface area contributed by atoms with Crippen molar-refractivity contribution >= 4 is 11.7 Å². The second-order valence-corrected chi connectivity index (χ2v) is 5.57. The Hall–Kier alpha value is -1.62. The van der Waals surface area contributed by atoms with E-state index in [1.165, 1.54) is 0 Å². The Bertz CT molecular complexity index is 445. The first kappa shape index (κ1) is 15.8. The number of piperidine rings is 1. The van der Waals surface area contributed by atoms with E-state index in [2.05, 4.69) is 17.2 Å². The summed E-state index contributed by atoms with van der Waals surface area (Å²) in [5.41, 5.74) is 0.662. The van der Waals surface area contributed by atoms with E-state index in [0.29, 0.717) is 11.5 Å². The maximum Gasteiger partial charge on any atom is 0.255 e. The molecule has 1 N–H and O–H groups in total. The standard InChI is InChI=1S/C16H25N3O2/c1-3-8-17-15-7-6-14(10-18-15)16(20)19-9-4-5-13(11-19)12-21-2/h6-7,10,13H,3-5,8-9,11-12H2,1-2H3,(H,17,18). The lowest BCUT2D eigenvalue weighted by atomic mass is 9.98. The summed E-state index contributed by atoms with van der Waals surface area (Å²) >= 11 is 0. The van der Waals surface area contributed by atoms with Crippen molar-refractivity contribution in [1.29, 1.82) is 0 Å². The van der Waals surface area contributed by atoms with E-state index in [0.717, 1.165) is 51.3 Å². The lowest BCUT2D eigenvalue weighted by Crippen LogP contribution is -2.41. The third-order valence-electron chi connectivity index (χ3n) is 3.78. The zero-order valence-corrected chi connectivity index (χ0v) is 13.0. The molecule has 0 aromatic carbocycles. The minimum absolute atomic E-state index is 0.0744. The van der Waals surface area contributed by atoms with Crippen molar-refractivity contribution in [2.24, 2.45) is 5.92 Å². The molecule has 1 aromatic rings. The molecule has 0 radical (unpaired) electrons. The highest BCUT2D eigenvalue weighted by Crippen LogP contribution is 2.19. The molecule has 1 aliphatic rings. The fraction of sp³-hybridized carbons (Fsp3) is 0.625. The van der Waals surface area contributed by atoms with Crippen LogP contribution in [0.3, 0.4) is 0 Å². The normalized spacial score (nSPS) is 18.6. The zero-order valence-electron chi connectivity index (χ0n) is 13.0. The number of methoxy groups -OCH3 is 1. The van der Waals surface area contributed by atoms with Crippen molar-refractivity contribution in [3.8, 4) is 0 Å². The smallest absolute Gasteiger partial charge is 0.255 e. The Balaban J connectivity index is 1.95. The van der Waals surface area contributed by atoms with Gasteiger partial charge in [0.2, 0.25) is 0 Å². The van der Waals surface area contributed by atoms with Crippen molar-refractivity contribution in [3.05, 3.63) is 23.9 Å². The first-order valence-corrected chi connectivity index (χ1v) is 7.72. The molecule has 1 aromatic heterocycles. The topological polar surface area (TPSA) is 54.5 Å². The van der Waals surface area contributed by atoms with Gasteiger partial charge in [-0.05, 0) is 37.3 Å². The van der Waals surface area contributed by atoms with Crippen molar-refractivity contribution in [2.75, 3.05) is 38.7 Å². The molecule has 1 amide bonds. The molecule has 5 nitrogen and oxygen atoms in total. The number of pyridine rings is 1. The molecule has 0 saturated carbocycles. The minimum Gasteiger partial charge on any atom is -0.384 e. The van der Waals surface area contributed by atoms with Gasteiger partial charge < -0.3 is 15.0 Å². The fourth-order valence-electron chi connectivity index (χ4n) is 2.68. The molecule has 1 unspecified atom stereocenters. The van der Waals surface area contributed by atoms with Gasteiger partial charge in [-0.1, -0.05) is 6.92 Å². The monoisotopic (exact) mass is 291 g/mol. The van der Waals surface area contributed by atoms with E-state index in [-0.39, 0.29) is 5.91 Å². The van der Waals surface area contributed by atoms with Gasteiger partial charge in [0.05, 0.1) is 12.2 Å². The van der Waals surface area contributed by atoms with Gasteiger partial charge in [0.25, 0.3) is 5.91 Å². The summed E-state index contributed by atoms with van der Waals surface area (Å²) in [6.07, 6.45) is 4.90. The van der Waals surface area contributed by atoms with E-state index >= 15 is 0 Å². The third-order valence-corrected chi connectivity index (χ3v) is 3.78. The van der Waals surface area contributed by atoms with Crippen LogP contribution in [0, 0.1) is 5.92 Å². The summed E-state index contributed by atoms with van der Waals surface area (Å²) in [4.78, 5) is 18.7. The van der Waals surface area contributed by atoms with Crippen LogP contribution in [0.15, 0.2) is 18.3 Å². The zero-order chi connectivity index (χ0) is 15.1. The molecule has 1 fully saturated rings. The van der Waals surface area contributed by atoms with Gasteiger partial charge in [0.1, 0.15) is 5.82 Å². The molecule has 0 spiro atoms. The maximum absolute atomic E-state index is 12.5. The molecular formula is C16H25N3O2. The van der Waals surface area contributed by atoms with Crippen LogP contribution in [0.25, 0.3) is 0 Å². The molecular weight excluding hydrogens is 266 g/mol. The first-order valence-electron chi connectivity index (χ1n) is 7.72. The molecule has 2 rings (SSSR count). The molecule has 1 atom stereocenters. The summed E-state index contributed by atoms with van der Waals surface area (Å²) in [6.45, 7) is 5.34. The Morgan fingerprint density at radius 3 is 3.05 bits per heavy atom. The predicted molar refractivity (Wildman–Crippen MR) is 83.5 cm³/mol. The van der Waals surface area contributed by atoms with Gasteiger partial charge in [-0.25, -0.2) is 4.98 Å². The summed E-state index contributed by atoms with van der Waals surface area (Å²) in [7, 11) is 1.71. The SMILES string of the molecule is CCCNc1ccc(C(=O)N2CCCC(COC)C2)cn1. The van der Waals surface area contributed by atoms with E-state index in [1.807, 2.05) is 17.0 Å². The molecule has 0 aliphatic carbocycles. The second kappa shape index (κ2) is 7.98. The Morgan fingerprint density at radius 1 is 1.52 bits per heavy atom. The molecule has 1 saturated heterocycles. The van der Waals surface area contributed by atoms with Crippen LogP contribution in [-0.4, -0.2) is 49.1 Å². The van der Waals surface area contributed by atoms with Gasteiger partial charge in [0.15, 0.2) is 0 Å². The largest absolute Gasteiger partial charge is 0.384 e. The number of nitrogens with zero attached hydrogens (tertiary/aromatic N) is 2. The van der Waals surface area contributed by atoms with Crippen LogP contribution in [0.4, 0.5) is 5.82 Å². The van der Waals surface area contributed by atoms with E-state index in [4.69, 9.17) is 4.74 Å². The fourth-order valence-corrected chi connectivity index (χ4v) is 2.68. The Morgan fingerprint density at radius 2 is 2.38 bits per heavy atom. The molecule has 116 valence electrons. The van der Waals surface area contributed by atoms with Crippen molar-refractivity contribution in [1.82, 2.24) is 9.88 Å². The molecule has 5 heteroatoms. The highest BCUT2D eigenvalue weighted by Gasteiger charge is 2.24. The van der Waals surface area contributed by atoms with Crippen LogP contribution >= 0.6 is 0 Å². The van der Waals surface area contributed by atoms with E-state index in [9.17, 15) is 4.79 Å². The number of carbonyl (C=O) groups is 1. The lowest BCUT2D eigenvalue weighted by molar-refractivity contribution is 0.0570. The summed E-state index contributed by atoms with van der Waals surface area (Å²) in [5.74, 6) is 1.35. The predicted octanol–water partition coefficient (Wildman–Crippen LogP) is 2.40. The molecule has 21 heavy (non-hydrogen) atoms. The van der Waals surface area contributed by atoms with Gasteiger partial charge in [0, 0.05) is 32.9 Å². The Kier molecular flexibility index (Phi) is 5.99. The van der Waals surface area contributed by atoms with E-state index < -0.39 is 0 Å². The highest BCUT2D eigenvalue weighted by atomic mass is 16.5. The number of rotatable bonds is 6. The number of hydrogen-bond acceptors (Lipinski definition) is 4. The maximum atomic E-state index is 12.5. The minimum atomic E-state index is 0.0744. The van der Waals surface area contributed by atoms with Gasteiger partial charge in [-0.2, -0.15) is 0 Å². The number of hydrogen-bond donors (Lipinski definition) is 1. The van der Waals surface area contributed by atoms with Crippen molar-refractivity contribution in [2.45, 2.75) is 26.2 Å². The highest BCUT2D eigenvalue weighted by molar-refractivity contribution is 5.94. The number of amides is 1. The summed E-state index contributed by atoms with van der Waals surface area (Å²) in [5, 5.41) is 3.21. The number of anilines is 1. The van der Waals surface area contributed by atoms with Crippen LogP contribution < -0.4 is 5.32 Å². The molecule has 0 bridgehead atoms. The number of nitrogens with one attached hydrogen (secondary N) is 1. The quantitative estimate of drug-likeness (QED) is 0.874. The average Bonchev–Trinajstić information content (AvgIpc) is 2.53. The van der Waals surface area contributed by atoms with Gasteiger partial charge in [-0.3, -0.25) is 4.79 Å².